The average molecular weight is 242 g/mol. The second-order valence-corrected chi connectivity index (χ2v) is 4.41. The fourth-order valence-electron chi connectivity index (χ4n) is 1.64. The van der Waals surface area contributed by atoms with Crippen LogP contribution in [0.2, 0.25) is 0 Å². The number of hydrogen-bond acceptors (Lipinski definition) is 2. The highest BCUT2D eigenvalue weighted by Gasteiger charge is 1.88. The zero-order chi connectivity index (χ0) is 13.4. The summed E-state index contributed by atoms with van der Waals surface area (Å²) in [6.45, 7) is 4.20. The first-order chi connectivity index (χ1) is 8.61. The van der Waals surface area contributed by atoms with Crippen molar-refractivity contribution in [2.75, 3.05) is 11.5 Å². The highest BCUT2D eigenvalue weighted by molar-refractivity contribution is 5.40. The van der Waals surface area contributed by atoms with Gasteiger partial charge >= 0.3 is 0 Å². The molecule has 96 valence electrons. The Labute approximate surface area is 110 Å². The quantitative estimate of drug-likeness (QED) is 0.787. The predicted octanol–water partition coefficient (Wildman–Crippen LogP) is 3.80. The van der Waals surface area contributed by atoms with Crippen molar-refractivity contribution in [2.45, 2.75) is 26.7 Å². The fourth-order valence-corrected chi connectivity index (χ4v) is 1.64. The molecule has 0 aliphatic carbocycles. The van der Waals surface area contributed by atoms with Crippen LogP contribution >= 0.6 is 0 Å². The molecule has 0 saturated carbocycles. The highest BCUT2D eigenvalue weighted by Crippen LogP contribution is 2.06. The Morgan fingerprint density at radius 3 is 2.00 bits per heavy atom. The van der Waals surface area contributed by atoms with Gasteiger partial charge in [-0.1, -0.05) is 37.6 Å². The van der Waals surface area contributed by atoms with E-state index in [4.69, 9.17) is 11.5 Å². The SMILES string of the molecule is CCCc1ccc(N)cc1.Cc1cccc(N)c1. The van der Waals surface area contributed by atoms with E-state index in [1.807, 2.05) is 43.3 Å². The number of nitrogens with two attached hydrogens (primary N) is 2. The van der Waals surface area contributed by atoms with Crippen LogP contribution in [0.1, 0.15) is 24.5 Å². The Balaban J connectivity index is 0.000000184. The van der Waals surface area contributed by atoms with Gasteiger partial charge in [0.1, 0.15) is 0 Å². The van der Waals surface area contributed by atoms with Gasteiger partial charge in [0.2, 0.25) is 0 Å². The van der Waals surface area contributed by atoms with Crippen LogP contribution in [0, 0.1) is 6.92 Å². The summed E-state index contributed by atoms with van der Waals surface area (Å²) in [6, 6.07) is 15.9. The van der Waals surface area contributed by atoms with Crippen LogP contribution in [-0.2, 0) is 6.42 Å². The third-order valence-corrected chi connectivity index (χ3v) is 2.56. The van der Waals surface area contributed by atoms with Gasteiger partial charge in [0.15, 0.2) is 0 Å². The molecule has 0 aliphatic heterocycles. The van der Waals surface area contributed by atoms with Gasteiger partial charge in [-0.15, -0.1) is 0 Å². The lowest BCUT2D eigenvalue weighted by molar-refractivity contribution is 0.922. The molecule has 2 rings (SSSR count). The Morgan fingerprint density at radius 2 is 1.56 bits per heavy atom. The van der Waals surface area contributed by atoms with Crippen molar-refractivity contribution in [3.63, 3.8) is 0 Å². The minimum Gasteiger partial charge on any atom is -0.399 e. The van der Waals surface area contributed by atoms with Crippen LogP contribution in [0.15, 0.2) is 48.5 Å². The first-order valence-electron chi connectivity index (χ1n) is 6.28. The summed E-state index contributed by atoms with van der Waals surface area (Å²) in [7, 11) is 0. The summed E-state index contributed by atoms with van der Waals surface area (Å²) >= 11 is 0. The maximum Gasteiger partial charge on any atom is 0.0316 e. The lowest BCUT2D eigenvalue weighted by Gasteiger charge is -1.97. The molecule has 0 atom stereocenters. The van der Waals surface area contributed by atoms with Gasteiger partial charge in [0.05, 0.1) is 0 Å². The Kier molecular flexibility index (Phi) is 5.78. The van der Waals surface area contributed by atoms with E-state index >= 15 is 0 Å². The van der Waals surface area contributed by atoms with Crippen LogP contribution in [0.5, 0.6) is 0 Å². The molecular weight excluding hydrogens is 220 g/mol. The highest BCUT2D eigenvalue weighted by atomic mass is 14.5. The molecule has 0 unspecified atom stereocenters. The molecule has 0 radical (unpaired) electrons. The Hall–Kier alpha value is -1.96. The maximum absolute atomic E-state index is 5.52. The van der Waals surface area contributed by atoms with Gasteiger partial charge < -0.3 is 11.5 Å². The van der Waals surface area contributed by atoms with Gasteiger partial charge in [-0.05, 0) is 48.7 Å². The Morgan fingerprint density at radius 1 is 0.889 bits per heavy atom. The monoisotopic (exact) mass is 242 g/mol. The third-order valence-electron chi connectivity index (χ3n) is 2.56. The average Bonchev–Trinajstić information content (AvgIpc) is 2.33. The number of rotatable bonds is 2. The van der Waals surface area contributed by atoms with E-state index in [0.717, 1.165) is 17.8 Å². The summed E-state index contributed by atoms with van der Waals surface area (Å²) in [6.07, 6.45) is 2.35. The maximum atomic E-state index is 5.52. The minimum atomic E-state index is 0.838. The molecule has 2 aromatic carbocycles. The molecule has 4 N–H and O–H groups in total. The number of benzene rings is 2. The van der Waals surface area contributed by atoms with Gasteiger partial charge in [-0.2, -0.15) is 0 Å². The zero-order valence-corrected chi connectivity index (χ0v) is 11.2. The fraction of sp³-hybridized carbons (Fsp3) is 0.250. The molecule has 0 bridgehead atoms. The van der Waals surface area contributed by atoms with Gasteiger partial charge in [0.25, 0.3) is 0 Å². The molecule has 2 heteroatoms. The molecule has 0 amide bonds. The smallest absolute Gasteiger partial charge is 0.0316 e. The first kappa shape index (κ1) is 14.1. The largest absolute Gasteiger partial charge is 0.399 e. The van der Waals surface area contributed by atoms with E-state index in [-0.39, 0.29) is 0 Å². The topological polar surface area (TPSA) is 52.0 Å². The third kappa shape index (κ3) is 5.39. The molecule has 18 heavy (non-hydrogen) atoms. The van der Waals surface area contributed by atoms with Crippen LogP contribution in [-0.4, -0.2) is 0 Å². The molecule has 0 aromatic heterocycles. The number of aryl methyl sites for hydroxylation is 2. The molecule has 0 heterocycles. The van der Waals surface area contributed by atoms with Crippen LogP contribution in [0.4, 0.5) is 11.4 Å². The molecule has 0 spiro atoms. The van der Waals surface area contributed by atoms with Gasteiger partial charge in [-0.3, -0.25) is 0 Å². The van der Waals surface area contributed by atoms with E-state index in [9.17, 15) is 0 Å². The van der Waals surface area contributed by atoms with E-state index in [0.29, 0.717) is 0 Å². The van der Waals surface area contributed by atoms with E-state index in [1.165, 1.54) is 17.5 Å². The summed E-state index contributed by atoms with van der Waals surface area (Å²) in [5.41, 5.74) is 15.3. The minimum absolute atomic E-state index is 0.838. The van der Waals surface area contributed by atoms with E-state index < -0.39 is 0 Å². The summed E-state index contributed by atoms with van der Waals surface area (Å²) in [5.74, 6) is 0. The molecule has 2 aromatic rings. The van der Waals surface area contributed by atoms with Crippen molar-refractivity contribution in [3.05, 3.63) is 59.7 Å². The van der Waals surface area contributed by atoms with Gasteiger partial charge in [0, 0.05) is 11.4 Å². The first-order valence-corrected chi connectivity index (χ1v) is 6.28. The van der Waals surface area contributed by atoms with Gasteiger partial charge in [-0.25, -0.2) is 0 Å². The molecule has 0 fully saturated rings. The number of nitrogen functional groups attached to an aromatic ring is 2. The van der Waals surface area contributed by atoms with E-state index in [1.54, 1.807) is 0 Å². The number of hydrogen-bond donors (Lipinski definition) is 2. The van der Waals surface area contributed by atoms with Crippen molar-refractivity contribution < 1.29 is 0 Å². The van der Waals surface area contributed by atoms with Crippen molar-refractivity contribution in [1.82, 2.24) is 0 Å². The van der Waals surface area contributed by atoms with Crippen LogP contribution in [0.3, 0.4) is 0 Å². The van der Waals surface area contributed by atoms with E-state index in [2.05, 4.69) is 19.1 Å². The zero-order valence-electron chi connectivity index (χ0n) is 11.2. The molecular formula is C16H22N2. The second-order valence-electron chi connectivity index (χ2n) is 4.41. The second kappa shape index (κ2) is 7.38. The Bertz CT molecular complexity index is 444. The molecule has 2 nitrogen and oxygen atoms in total. The lowest BCUT2D eigenvalue weighted by atomic mass is 10.1. The summed E-state index contributed by atoms with van der Waals surface area (Å²) in [5, 5.41) is 0. The summed E-state index contributed by atoms with van der Waals surface area (Å²) < 4.78 is 0. The lowest BCUT2D eigenvalue weighted by Crippen LogP contribution is -1.86. The van der Waals surface area contributed by atoms with Crippen molar-refractivity contribution in [2.24, 2.45) is 0 Å². The number of anilines is 2. The standard InChI is InChI=1S/C9H13N.C7H9N/c1-2-3-8-4-6-9(10)7-5-8;1-6-3-2-4-7(8)5-6/h4-7H,2-3,10H2,1H3;2-5H,8H2,1H3. The molecule has 0 aliphatic rings. The summed E-state index contributed by atoms with van der Waals surface area (Å²) in [4.78, 5) is 0. The van der Waals surface area contributed by atoms with Crippen LogP contribution in [0.25, 0.3) is 0 Å². The van der Waals surface area contributed by atoms with Crippen molar-refractivity contribution >= 4 is 11.4 Å². The van der Waals surface area contributed by atoms with Crippen molar-refractivity contribution in [1.29, 1.82) is 0 Å². The normalized spacial score (nSPS) is 9.44. The van der Waals surface area contributed by atoms with Crippen LogP contribution < -0.4 is 11.5 Å². The molecule has 0 saturated heterocycles. The predicted molar refractivity (Wildman–Crippen MR) is 80.4 cm³/mol. The van der Waals surface area contributed by atoms with Crippen molar-refractivity contribution in [3.8, 4) is 0 Å².